The molecule has 1 aliphatic heterocycles. The van der Waals surface area contributed by atoms with E-state index in [-0.39, 0.29) is 0 Å². The average Bonchev–Trinajstić information content (AvgIpc) is 2.15. The van der Waals surface area contributed by atoms with Gasteiger partial charge in [0, 0.05) is 0 Å². The Bertz CT molecular complexity index is 157. The van der Waals surface area contributed by atoms with Crippen LogP contribution in [0.15, 0.2) is 12.2 Å². The lowest BCUT2D eigenvalue weighted by molar-refractivity contribution is -0.104. The van der Waals surface area contributed by atoms with Crippen LogP contribution in [0, 0.1) is 5.92 Å². The topological polar surface area (TPSA) is 20.3 Å². The lowest BCUT2D eigenvalue weighted by atomic mass is 9.96. The van der Waals surface area contributed by atoms with E-state index in [0.717, 1.165) is 12.8 Å². The van der Waals surface area contributed by atoms with Crippen molar-refractivity contribution in [3.8, 4) is 0 Å². The zero-order valence-corrected chi connectivity index (χ0v) is 7.70. The van der Waals surface area contributed by atoms with Gasteiger partial charge >= 0.3 is 0 Å². The van der Waals surface area contributed by atoms with Crippen molar-refractivity contribution < 1.29 is 4.79 Å². The maximum Gasteiger partial charge on any atom is 0.142 e. The summed E-state index contributed by atoms with van der Waals surface area (Å²) in [5.41, 5.74) is 0. The van der Waals surface area contributed by atoms with Gasteiger partial charge in [0.15, 0.2) is 0 Å². The minimum absolute atomic E-state index is 0.637. The Hall–Kier alpha value is -0.630. The van der Waals surface area contributed by atoms with E-state index >= 15 is 0 Å². The zero-order chi connectivity index (χ0) is 8.81. The lowest BCUT2D eigenvalue weighted by Gasteiger charge is -2.29. The van der Waals surface area contributed by atoms with E-state index in [1.807, 2.05) is 6.08 Å². The van der Waals surface area contributed by atoms with E-state index in [0.29, 0.717) is 5.92 Å². The number of likely N-dealkylation sites (tertiary alicyclic amines) is 1. The van der Waals surface area contributed by atoms with Crippen molar-refractivity contribution in [2.75, 3.05) is 19.6 Å². The maximum atomic E-state index is 10.1. The molecule has 1 saturated heterocycles. The van der Waals surface area contributed by atoms with Crippen molar-refractivity contribution in [2.24, 2.45) is 5.92 Å². The molecule has 0 radical (unpaired) electrons. The van der Waals surface area contributed by atoms with Crippen LogP contribution in [0.4, 0.5) is 0 Å². The van der Waals surface area contributed by atoms with Gasteiger partial charge in [0.25, 0.3) is 0 Å². The summed E-state index contributed by atoms with van der Waals surface area (Å²) in [7, 11) is 0. The van der Waals surface area contributed by atoms with Crippen LogP contribution in [-0.4, -0.2) is 30.8 Å². The largest absolute Gasteiger partial charge is 0.304 e. The third kappa shape index (κ3) is 2.78. The van der Waals surface area contributed by atoms with Crippen LogP contribution in [0.2, 0.25) is 0 Å². The Labute approximate surface area is 74.2 Å². The molecule has 0 unspecified atom stereocenters. The summed E-state index contributed by atoms with van der Waals surface area (Å²) in [6.45, 7) is 5.72. The molecule has 0 aliphatic carbocycles. The molecule has 0 N–H and O–H groups in total. The van der Waals surface area contributed by atoms with Gasteiger partial charge in [-0.2, -0.15) is 0 Å². The first kappa shape index (κ1) is 9.46. The molecule has 1 fully saturated rings. The van der Waals surface area contributed by atoms with Gasteiger partial charge in [-0.25, -0.2) is 0 Å². The first-order chi connectivity index (χ1) is 5.86. The number of rotatable bonds is 3. The molecule has 1 aliphatic rings. The quantitative estimate of drug-likeness (QED) is 0.468. The molecule has 0 amide bonds. The molecule has 0 aromatic rings. The molecule has 0 saturated carbocycles. The monoisotopic (exact) mass is 167 g/mol. The Morgan fingerprint density at radius 2 is 2.08 bits per heavy atom. The second-order valence-corrected chi connectivity index (χ2v) is 3.29. The number of aldehydes is 1. The van der Waals surface area contributed by atoms with Gasteiger partial charge in [-0.15, -0.1) is 0 Å². The van der Waals surface area contributed by atoms with Crippen LogP contribution >= 0.6 is 0 Å². The van der Waals surface area contributed by atoms with Gasteiger partial charge in [-0.1, -0.05) is 13.0 Å². The summed E-state index contributed by atoms with van der Waals surface area (Å²) in [6, 6.07) is 0. The Kier molecular flexibility index (Phi) is 4.01. The van der Waals surface area contributed by atoms with E-state index in [9.17, 15) is 4.79 Å². The number of hydrogen-bond donors (Lipinski definition) is 0. The lowest BCUT2D eigenvalue weighted by Crippen LogP contribution is -2.32. The normalized spacial score (nSPS) is 21.8. The van der Waals surface area contributed by atoms with Crippen molar-refractivity contribution >= 4 is 6.29 Å². The Morgan fingerprint density at radius 3 is 2.58 bits per heavy atom. The van der Waals surface area contributed by atoms with Gasteiger partial charge in [-0.3, -0.25) is 4.79 Å². The van der Waals surface area contributed by atoms with Crippen molar-refractivity contribution in [3.05, 3.63) is 12.2 Å². The molecule has 2 nitrogen and oxygen atoms in total. The van der Waals surface area contributed by atoms with Crippen LogP contribution in [0.5, 0.6) is 0 Å². The van der Waals surface area contributed by atoms with Crippen LogP contribution in [0.1, 0.15) is 19.8 Å². The fraction of sp³-hybridized carbons (Fsp3) is 0.700. The molecule has 1 heterocycles. The molecule has 68 valence electrons. The zero-order valence-electron chi connectivity index (χ0n) is 7.70. The van der Waals surface area contributed by atoms with E-state index < -0.39 is 0 Å². The Balaban J connectivity index is 2.25. The fourth-order valence-electron chi connectivity index (χ4n) is 1.66. The standard InChI is InChI=1S/C10H17NO/c1-2-11-7-5-10(6-8-11)4-3-9-12/h3-4,9-10H,2,5-8H2,1H3/b4-3-. The maximum absolute atomic E-state index is 10.1. The number of carbonyl (C=O) groups excluding carboxylic acids is 1. The first-order valence-corrected chi connectivity index (χ1v) is 4.71. The molecule has 2 heteroatoms. The number of hydrogen-bond acceptors (Lipinski definition) is 2. The number of nitrogens with zero attached hydrogens (tertiary/aromatic N) is 1. The fourth-order valence-corrected chi connectivity index (χ4v) is 1.66. The predicted octanol–water partition coefficient (Wildman–Crippen LogP) is 1.47. The van der Waals surface area contributed by atoms with Crippen molar-refractivity contribution in [3.63, 3.8) is 0 Å². The van der Waals surface area contributed by atoms with Gasteiger partial charge in [0.1, 0.15) is 6.29 Å². The molecule has 0 aromatic heterocycles. The minimum Gasteiger partial charge on any atom is -0.304 e. The second kappa shape index (κ2) is 5.09. The smallest absolute Gasteiger partial charge is 0.142 e. The SMILES string of the molecule is CCN1CCC(/C=C\C=O)CC1. The van der Waals surface area contributed by atoms with Crippen molar-refractivity contribution in [1.82, 2.24) is 4.90 Å². The summed E-state index contributed by atoms with van der Waals surface area (Å²) in [4.78, 5) is 12.5. The third-order valence-corrected chi connectivity index (χ3v) is 2.54. The van der Waals surface area contributed by atoms with E-state index in [1.165, 1.54) is 25.9 Å². The summed E-state index contributed by atoms with van der Waals surface area (Å²) in [5.74, 6) is 0.637. The highest BCUT2D eigenvalue weighted by Crippen LogP contribution is 2.17. The van der Waals surface area contributed by atoms with Crippen molar-refractivity contribution in [1.29, 1.82) is 0 Å². The van der Waals surface area contributed by atoms with Crippen LogP contribution in [-0.2, 0) is 4.79 Å². The summed E-state index contributed by atoms with van der Waals surface area (Å²) in [6.07, 6.45) is 6.95. The summed E-state index contributed by atoms with van der Waals surface area (Å²) < 4.78 is 0. The summed E-state index contributed by atoms with van der Waals surface area (Å²) in [5, 5.41) is 0. The number of piperidine rings is 1. The molecule has 0 bridgehead atoms. The van der Waals surface area contributed by atoms with Crippen LogP contribution in [0.3, 0.4) is 0 Å². The van der Waals surface area contributed by atoms with E-state index in [4.69, 9.17) is 0 Å². The van der Waals surface area contributed by atoms with E-state index in [2.05, 4.69) is 11.8 Å². The minimum atomic E-state index is 0.637. The third-order valence-electron chi connectivity index (χ3n) is 2.54. The van der Waals surface area contributed by atoms with Gasteiger partial charge < -0.3 is 4.90 Å². The van der Waals surface area contributed by atoms with Crippen molar-refractivity contribution in [2.45, 2.75) is 19.8 Å². The molecular formula is C10H17NO. The van der Waals surface area contributed by atoms with Gasteiger partial charge in [0.05, 0.1) is 0 Å². The molecule has 0 aromatic carbocycles. The van der Waals surface area contributed by atoms with Crippen LogP contribution < -0.4 is 0 Å². The van der Waals surface area contributed by atoms with E-state index in [1.54, 1.807) is 6.08 Å². The highest BCUT2D eigenvalue weighted by atomic mass is 16.1. The molecule has 12 heavy (non-hydrogen) atoms. The number of allylic oxidation sites excluding steroid dienone is 2. The van der Waals surface area contributed by atoms with Crippen LogP contribution in [0.25, 0.3) is 0 Å². The highest BCUT2D eigenvalue weighted by molar-refractivity contribution is 5.64. The number of carbonyl (C=O) groups is 1. The van der Waals surface area contributed by atoms with Gasteiger partial charge in [0.2, 0.25) is 0 Å². The molecule has 1 rings (SSSR count). The highest BCUT2D eigenvalue weighted by Gasteiger charge is 2.14. The first-order valence-electron chi connectivity index (χ1n) is 4.71. The second-order valence-electron chi connectivity index (χ2n) is 3.29. The average molecular weight is 167 g/mol. The van der Waals surface area contributed by atoms with Gasteiger partial charge in [-0.05, 0) is 44.5 Å². The predicted molar refractivity (Wildman–Crippen MR) is 50.0 cm³/mol. The molecular weight excluding hydrogens is 150 g/mol. The molecule has 0 atom stereocenters. The summed E-state index contributed by atoms with van der Waals surface area (Å²) >= 11 is 0. The Morgan fingerprint density at radius 1 is 1.42 bits per heavy atom. The molecule has 0 spiro atoms.